The molecule has 0 heterocycles. The third-order valence-corrected chi connectivity index (χ3v) is 3.71. The second kappa shape index (κ2) is 4.63. The van der Waals surface area contributed by atoms with Gasteiger partial charge in [0.2, 0.25) is 0 Å². The van der Waals surface area contributed by atoms with E-state index >= 15 is 0 Å². The van der Waals surface area contributed by atoms with Gasteiger partial charge in [-0.2, -0.15) is 0 Å². The number of hydrogen-bond acceptors (Lipinski definition) is 2. The largest absolute Gasteiger partial charge is 0.325 e. The summed E-state index contributed by atoms with van der Waals surface area (Å²) in [6.45, 7) is 9.06. The maximum atomic E-state index is 6.15. The Kier molecular flexibility index (Phi) is 3.96. The van der Waals surface area contributed by atoms with Crippen LogP contribution >= 0.6 is 0 Å². The molecular weight excluding hydrogens is 172 g/mol. The lowest BCUT2D eigenvalue weighted by atomic mass is 9.75. The average molecular weight is 198 g/mol. The second-order valence-corrected chi connectivity index (χ2v) is 5.66. The molecule has 3 N–H and O–H groups in total. The molecule has 0 radical (unpaired) electrons. The summed E-state index contributed by atoms with van der Waals surface area (Å²) >= 11 is 0. The normalized spacial score (nSPS) is 20.6. The van der Waals surface area contributed by atoms with Gasteiger partial charge in [0.15, 0.2) is 0 Å². The van der Waals surface area contributed by atoms with Crippen molar-refractivity contribution in [3.8, 4) is 0 Å². The van der Waals surface area contributed by atoms with Crippen molar-refractivity contribution in [2.24, 2.45) is 11.1 Å². The molecule has 0 amide bonds. The lowest BCUT2D eigenvalue weighted by molar-refractivity contribution is 0.223. The van der Waals surface area contributed by atoms with Gasteiger partial charge in [0.1, 0.15) is 0 Å². The molecule has 1 fully saturated rings. The minimum Gasteiger partial charge on any atom is -0.325 e. The first kappa shape index (κ1) is 12.0. The summed E-state index contributed by atoms with van der Waals surface area (Å²) in [6.07, 6.45) is 6.16. The van der Waals surface area contributed by atoms with Crippen LogP contribution in [0.2, 0.25) is 0 Å². The van der Waals surface area contributed by atoms with E-state index in [0.29, 0.717) is 5.41 Å². The molecule has 1 aliphatic rings. The Morgan fingerprint density at radius 2 is 2.00 bits per heavy atom. The zero-order valence-electron chi connectivity index (χ0n) is 10.0. The lowest BCUT2D eigenvalue weighted by Gasteiger charge is -2.38. The Morgan fingerprint density at radius 1 is 1.36 bits per heavy atom. The van der Waals surface area contributed by atoms with Gasteiger partial charge in [-0.15, -0.1) is 0 Å². The first-order valence-electron chi connectivity index (χ1n) is 5.97. The monoisotopic (exact) mass is 198 g/mol. The molecule has 0 atom stereocenters. The topological polar surface area (TPSA) is 38.0 Å². The first-order valence-corrected chi connectivity index (χ1v) is 5.97. The number of nitrogens with one attached hydrogen (secondary N) is 1. The highest BCUT2D eigenvalue weighted by Crippen LogP contribution is 2.31. The van der Waals surface area contributed by atoms with E-state index in [1.54, 1.807) is 0 Å². The van der Waals surface area contributed by atoms with Gasteiger partial charge in [0.05, 0.1) is 0 Å². The zero-order valence-corrected chi connectivity index (χ0v) is 10.0. The molecule has 1 rings (SSSR count). The summed E-state index contributed by atoms with van der Waals surface area (Å²) in [6, 6.07) is 0. The van der Waals surface area contributed by atoms with Gasteiger partial charge in [-0.05, 0) is 44.1 Å². The Labute approximate surface area is 88.6 Å². The SMILES string of the molecule is CCC(C)(C)CNCCC1(N)CCC1. The van der Waals surface area contributed by atoms with Crippen LogP contribution in [0.15, 0.2) is 0 Å². The van der Waals surface area contributed by atoms with E-state index in [-0.39, 0.29) is 5.54 Å². The average Bonchev–Trinajstić information content (AvgIpc) is 2.10. The van der Waals surface area contributed by atoms with Crippen LogP contribution in [-0.2, 0) is 0 Å². The van der Waals surface area contributed by atoms with Crippen molar-refractivity contribution in [2.75, 3.05) is 13.1 Å². The maximum absolute atomic E-state index is 6.15. The molecule has 84 valence electrons. The van der Waals surface area contributed by atoms with Gasteiger partial charge < -0.3 is 11.1 Å². The molecular formula is C12H26N2. The molecule has 1 aliphatic carbocycles. The molecule has 0 bridgehead atoms. The molecule has 0 aliphatic heterocycles. The summed E-state index contributed by atoms with van der Waals surface area (Å²) in [4.78, 5) is 0. The van der Waals surface area contributed by atoms with Crippen LogP contribution in [-0.4, -0.2) is 18.6 Å². The quantitative estimate of drug-likeness (QED) is 0.643. The third-order valence-electron chi connectivity index (χ3n) is 3.71. The second-order valence-electron chi connectivity index (χ2n) is 5.66. The molecule has 14 heavy (non-hydrogen) atoms. The van der Waals surface area contributed by atoms with Crippen molar-refractivity contribution >= 4 is 0 Å². The van der Waals surface area contributed by atoms with Crippen LogP contribution in [0.1, 0.15) is 52.9 Å². The fourth-order valence-corrected chi connectivity index (χ4v) is 1.77. The van der Waals surface area contributed by atoms with Crippen molar-refractivity contribution in [3.63, 3.8) is 0 Å². The van der Waals surface area contributed by atoms with Gasteiger partial charge in [-0.25, -0.2) is 0 Å². The van der Waals surface area contributed by atoms with Crippen LogP contribution in [0.5, 0.6) is 0 Å². The minimum atomic E-state index is 0.184. The van der Waals surface area contributed by atoms with E-state index in [1.165, 1.54) is 25.7 Å². The van der Waals surface area contributed by atoms with Crippen molar-refractivity contribution in [2.45, 2.75) is 58.4 Å². The minimum absolute atomic E-state index is 0.184. The number of nitrogens with two attached hydrogens (primary N) is 1. The van der Waals surface area contributed by atoms with Crippen molar-refractivity contribution in [1.29, 1.82) is 0 Å². The van der Waals surface area contributed by atoms with E-state index in [2.05, 4.69) is 26.1 Å². The predicted octanol–water partition coefficient (Wildman–Crippen LogP) is 2.28. The molecule has 0 aromatic carbocycles. The highest BCUT2D eigenvalue weighted by molar-refractivity contribution is 4.92. The van der Waals surface area contributed by atoms with Gasteiger partial charge in [0, 0.05) is 12.1 Å². The highest BCUT2D eigenvalue weighted by atomic mass is 14.9. The predicted molar refractivity (Wildman–Crippen MR) is 62.3 cm³/mol. The standard InChI is InChI=1S/C12H26N2/c1-4-11(2,3)10-14-9-8-12(13)6-5-7-12/h14H,4-10,13H2,1-3H3. The van der Waals surface area contributed by atoms with Crippen molar-refractivity contribution < 1.29 is 0 Å². The van der Waals surface area contributed by atoms with Gasteiger partial charge in [-0.1, -0.05) is 20.8 Å². The van der Waals surface area contributed by atoms with Crippen LogP contribution in [0.4, 0.5) is 0 Å². The van der Waals surface area contributed by atoms with Crippen LogP contribution in [0.25, 0.3) is 0 Å². The molecule has 0 spiro atoms. The number of hydrogen-bond donors (Lipinski definition) is 2. The molecule has 0 aromatic heterocycles. The van der Waals surface area contributed by atoms with E-state index in [4.69, 9.17) is 5.73 Å². The van der Waals surface area contributed by atoms with Crippen molar-refractivity contribution in [3.05, 3.63) is 0 Å². The number of rotatable bonds is 6. The van der Waals surface area contributed by atoms with Crippen LogP contribution < -0.4 is 11.1 Å². The highest BCUT2D eigenvalue weighted by Gasteiger charge is 2.31. The summed E-state index contributed by atoms with van der Waals surface area (Å²) in [5.41, 5.74) is 6.76. The fraction of sp³-hybridized carbons (Fsp3) is 1.00. The van der Waals surface area contributed by atoms with Gasteiger partial charge in [0.25, 0.3) is 0 Å². The Hall–Kier alpha value is -0.0800. The zero-order chi connectivity index (χ0) is 10.7. The Morgan fingerprint density at radius 3 is 2.43 bits per heavy atom. The summed E-state index contributed by atoms with van der Waals surface area (Å²) < 4.78 is 0. The molecule has 2 heteroatoms. The van der Waals surface area contributed by atoms with Gasteiger partial charge in [-0.3, -0.25) is 0 Å². The van der Waals surface area contributed by atoms with Gasteiger partial charge >= 0.3 is 0 Å². The fourth-order valence-electron chi connectivity index (χ4n) is 1.77. The van der Waals surface area contributed by atoms with E-state index in [9.17, 15) is 0 Å². The van der Waals surface area contributed by atoms with E-state index in [1.807, 2.05) is 0 Å². The molecule has 2 nitrogen and oxygen atoms in total. The summed E-state index contributed by atoms with van der Waals surface area (Å²) in [5, 5.41) is 3.52. The van der Waals surface area contributed by atoms with E-state index < -0.39 is 0 Å². The maximum Gasteiger partial charge on any atom is 0.0166 e. The molecule has 1 saturated carbocycles. The molecule has 0 aromatic rings. The Bertz CT molecular complexity index is 158. The van der Waals surface area contributed by atoms with Crippen LogP contribution in [0, 0.1) is 5.41 Å². The van der Waals surface area contributed by atoms with Crippen molar-refractivity contribution in [1.82, 2.24) is 5.32 Å². The summed E-state index contributed by atoms with van der Waals surface area (Å²) in [7, 11) is 0. The van der Waals surface area contributed by atoms with Crippen LogP contribution in [0.3, 0.4) is 0 Å². The van der Waals surface area contributed by atoms with E-state index in [0.717, 1.165) is 19.5 Å². The Balaban J connectivity index is 2.04. The molecule has 0 unspecified atom stereocenters. The third kappa shape index (κ3) is 3.58. The lowest BCUT2D eigenvalue weighted by Crippen LogP contribution is -2.48. The molecule has 0 saturated heterocycles. The smallest absolute Gasteiger partial charge is 0.0166 e. The summed E-state index contributed by atoms with van der Waals surface area (Å²) in [5.74, 6) is 0. The first-order chi connectivity index (χ1) is 6.47.